The average molecular weight is 712 g/mol. The van der Waals surface area contributed by atoms with E-state index in [1.807, 2.05) is 27.7 Å². The molecule has 280 valence electrons. The summed E-state index contributed by atoms with van der Waals surface area (Å²) in [5.41, 5.74) is 6.85. The number of carbonyl (C=O) groups is 6. The van der Waals surface area contributed by atoms with Crippen LogP contribution in [-0.4, -0.2) is 79.7 Å². The smallest absolute Gasteiger partial charge is 0.312 e. The molecule has 3 atom stereocenters. The van der Waals surface area contributed by atoms with Crippen LogP contribution in [0.25, 0.3) is 0 Å². The molecule has 0 spiro atoms. The van der Waals surface area contributed by atoms with Crippen LogP contribution in [-0.2, 0) is 30.6 Å². The maximum atomic E-state index is 13.6. The largest absolute Gasteiger partial charge is 0.392 e. The fourth-order valence-electron chi connectivity index (χ4n) is 5.80. The second kappa shape index (κ2) is 20.1. The number of amides is 7. The van der Waals surface area contributed by atoms with Crippen LogP contribution in [0.15, 0.2) is 30.5 Å². The summed E-state index contributed by atoms with van der Waals surface area (Å²) in [6, 6.07) is 3.90. The molecule has 7 N–H and O–H groups in total. The first kappa shape index (κ1) is 40.6. The molecular formula is C35H53N9O7. The van der Waals surface area contributed by atoms with Gasteiger partial charge in [-0.25, -0.2) is 9.48 Å². The van der Waals surface area contributed by atoms with Crippen LogP contribution in [0, 0.1) is 11.8 Å². The van der Waals surface area contributed by atoms with E-state index in [9.17, 15) is 33.9 Å². The van der Waals surface area contributed by atoms with Crippen LogP contribution in [0.3, 0.4) is 0 Å². The predicted octanol–water partition coefficient (Wildman–Crippen LogP) is 2.45. The minimum atomic E-state index is -0.814. The third kappa shape index (κ3) is 13.1. The van der Waals surface area contributed by atoms with Crippen molar-refractivity contribution in [3.63, 3.8) is 0 Å². The lowest BCUT2D eigenvalue weighted by atomic mass is 9.98. The third-order valence-corrected chi connectivity index (χ3v) is 8.59. The van der Waals surface area contributed by atoms with Crippen molar-refractivity contribution >= 4 is 41.3 Å². The molecule has 51 heavy (non-hydrogen) atoms. The lowest BCUT2D eigenvalue weighted by Crippen LogP contribution is -2.49. The quantitative estimate of drug-likeness (QED) is 0.0824. The van der Waals surface area contributed by atoms with Crippen LogP contribution in [0.5, 0.6) is 0 Å². The van der Waals surface area contributed by atoms with Gasteiger partial charge in [0.1, 0.15) is 17.8 Å². The SMILES string of the molecule is CC(C)C[C@H](NC(=O)CCCCCN1C(=O)CCC1=O)C(=O)N[C@H](c1cn([C@@H](CCCNC(N)=O)C(=O)Nc2ccc(CO)cc2)nn1)C(C)C. The van der Waals surface area contributed by atoms with Crippen LogP contribution in [0.1, 0.15) is 109 Å². The van der Waals surface area contributed by atoms with Crippen molar-refractivity contribution in [3.8, 4) is 0 Å². The molecular weight excluding hydrogens is 658 g/mol. The fourth-order valence-corrected chi connectivity index (χ4v) is 5.80. The molecule has 0 radical (unpaired) electrons. The molecule has 1 aliphatic rings. The summed E-state index contributed by atoms with van der Waals surface area (Å²) >= 11 is 0. The molecule has 2 heterocycles. The number of rotatable bonds is 21. The van der Waals surface area contributed by atoms with E-state index in [1.54, 1.807) is 30.5 Å². The van der Waals surface area contributed by atoms with Gasteiger partial charge < -0.3 is 32.1 Å². The molecule has 0 bridgehead atoms. The Bertz CT molecular complexity index is 1480. The molecule has 1 aromatic carbocycles. The number of nitrogens with zero attached hydrogens (tertiary/aromatic N) is 4. The second-order valence-electron chi connectivity index (χ2n) is 13.6. The molecule has 1 saturated heterocycles. The number of aromatic nitrogens is 3. The van der Waals surface area contributed by atoms with Crippen LogP contribution < -0.4 is 27.0 Å². The van der Waals surface area contributed by atoms with E-state index in [0.717, 1.165) is 0 Å². The molecule has 0 saturated carbocycles. The Morgan fingerprint density at radius 2 is 1.61 bits per heavy atom. The summed E-state index contributed by atoms with van der Waals surface area (Å²) in [5, 5.41) is 29.2. The second-order valence-corrected chi connectivity index (χ2v) is 13.6. The van der Waals surface area contributed by atoms with Gasteiger partial charge in [0.2, 0.25) is 29.5 Å². The molecule has 0 aliphatic carbocycles. The number of carbonyl (C=O) groups excluding carboxylic acids is 6. The van der Waals surface area contributed by atoms with Crippen molar-refractivity contribution in [1.82, 2.24) is 35.8 Å². The number of primary amides is 1. The van der Waals surface area contributed by atoms with E-state index >= 15 is 0 Å². The Hall–Kier alpha value is -4.86. The van der Waals surface area contributed by atoms with Gasteiger partial charge in [0, 0.05) is 38.0 Å². The van der Waals surface area contributed by atoms with Crippen molar-refractivity contribution in [2.75, 3.05) is 18.4 Å². The van der Waals surface area contributed by atoms with E-state index in [1.165, 1.54) is 9.58 Å². The number of hydrogen-bond acceptors (Lipinski definition) is 9. The van der Waals surface area contributed by atoms with E-state index in [-0.39, 0.29) is 73.8 Å². The number of unbranched alkanes of at least 4 members (excludes halogenated alkanes) is 2. The third-order valence-electron chi connectivity index (χ3n) is 8.59. The standard InChI is InChI=1S/C35H53N9O7/c1-22(2)19-26(39-29(46)10-6-5-7-18-43-30(47)15-16-31(43)48)33(49)40-32(23(3)4)27-20-44(42-41-27)28(9-8-17-37-35(36)51)34(50)38-25-13-11-24(21-45)12-14-25/h11-14,20,22-23,26,28,32,45H,5-10,15-19,21H2,1-4H3,(H,38,50)(H,39,46)(H,40,49)(H3,36,37,51)/t26-,28-,32-/m0/s1. The summed E-state index contributed by atoms with van der Waals surface area (Å²) in [7, 11) is 0. The molecule has 16 nitrogen and oxygen atoms in total. The van der Waals surface area contributed by atoms with E-state index in [2.05, 4.69) is 31.6 Å². The van der Waals surface area contributed by atoms with Crippen LogP contribution >= 0.6 is 0 Å². The molecule has 1 aliphatic heterocycles. The Kier molecular flexibility index (Phi) is 16.0. The summed E-state index contributed by atoms with van der Waals surface area (Å²) in [6.45, 7) is 8.24. The summed E-state index contributed by atoms with van der Waals surface area (Å²) in [4.78, 5) is 76.1. The highest BCUT2D eigenvalue weighted by Crippen LogP contribution is 2.24. The maximum Gasteiger partial charge on any atom is 0.312 e. The van der Waals surface area contributed by atoms with Gasteiger partial charge in [-0.05, 0) is 61.6 Å². The first-order valence-electron chi connectivity index (χ1n) is 17.7. The summed E-state index contributed by atoms with van der Waals surface area (Å²) in [6.07, 6.45) is 5.28. The zero-order valence-electron chi connectivity index (χ0n) is 30.0. The summed E-state index contributed by atoms with van der Waals surface area (Å²) in [5.74, 6) is -1.31. The first-order valence-corrected chi connectivity index (χ1v) is 17.7. The van der Waals surface area contributed by atoms with Crippen molar-refractivity contribution < 1.29 is 33.9 Å². The topological polar surface area (TPSA) is 231 Å². The van der Waals surface area contributed by atoms with Crippen molar-refractivity contribution in [1.29, 1.82) is 0 Å². The predicted molar refractivity (Wildman–Crippen MR) is 188 cm³/mol. The van der Waals surface area contributed by atoms with E-state index in [0.29, 0.717) is 62.0 Å². The highest BCUT2D eigenvalue weighted by Gasteiger charge is 2.30. The number of aliphatic hydroxyl groups excluding tert-OH is 1. The molecule has 0 unspecified atom stereocenters. The number of anilines is 1. The monoisotopic (exact) mass is 711 g/mol. The molecule has 1 aromatic heterocycles. The number of likely N-dealkylation sites (tertiary alicyclic amines) is 1. The van der Waals surface area contributed by atoms with Gasteiger partial charge in [-0.1, -0.05) is 51.5 Å². The lowest BCUT2D eigenvalue weighted by molar-refractivity contribution is -0.138. The lowest BCUT2D eigenvalue weighted by Gasteiger charge is -2.25. The van der Waals surface area contributed by atoms with E-state index < -0.39 is 24.2 Å². The minimum Gasteiger partial charge on any atom is -0.392 e. The number of aliphatic hydroxyl groups is 1. The number of hydrogen-bond donors (Lipinski definition) is 6. The minimum absolute atomic E-state index is 0.109. The first-order chi connectivity index (χ1) is 24.3. The highest BCUT2D eigenvalue weighted by atomic mass is 16.3. The van der Waals surface area contributed by atoms with Gasteiger partial charge >= 0.3 is 6.03 Å². The number of benzene rings is 1. The van der Waals surface area contributed by atoms with Crippen molar-refractivity contribution in [2.45, 2.75) is 110 Å². The molecule has 16 heteroatoms. The van der Waals surface area contributed by atoms with Gasteiger partial charge in [-0.3, -0.25) is 28.9 Å². The number of nitrogens with one attached hydrogen (secondary N) is 4. The molecule has 3 rings (SSSR count). The zero-order chi connectivity index (χ0) is 37.5. The Labute approximate surface area is 298 Å². The van der Waals surface area contributed by atoms with Gasteiger partial charge in [-0.2, -0.15) is 0 Å². The maximum absolute atomic E-state index is 13.6. The number of nitrogens with two attached hydrogens (primary N) is 1. The van der Waals surface area contributed by atoms with Gasteiger partial charge in [0.25, 0.3) is 0 Å². The fraction of sp³-hybridized carbons (Fsp3) is 0.600. The van der Waals surface area contributed by atoms with E-state index in [4.69, 9.17) is 5.73 Å². The molecule has 1 fully saturated rings. The normalized spacial score (nSPS) is 14.8. The van der Waals surface area contributed by atoms with Crippen molar-refractivity contribution in [2.24, 2.45) is 17.6 Å². The number of urea groups is 1. The van der Waals surface area contributed by atoms with Gasteiger partial charge in [0.05, 0.1) is 18.8 Å². The van der Waals surface area contributed by atoms with Crippen LogP contribution in [0.4, 0.5) is 10.5 Å². The Balaban J connectivity index is 1.66. The highest BCUT2D eigenvalue weighted by molar-refractivity contribution is 6.01. The van der Waals surface area contributed by atoms with Gasteiger partial charge in [-0.15, -0.1) is 5.10 Å². The Morgan fingerprint density at radius 1 is 0.922 bits per heavy atom. The molecule has 7 amide bonds. The van der Waals surface area contributed by atoms with Crippen LogP contribution in [0.2, 0.25) is 0 Å². The Morgan fingerprint density at radius 3 is 2.22 bits per heavy atom. The molecule has 2 aromatic rings. The average Bonchev–Trinajstić information content (AvgIpc) is 3.68. The summed E-state index contributed by atoms with van der Waals surface area (Å²) < 4.78 is 1.43. The zero-order valence-corrected chi connectivity index (χ0v) is 30.0. The number of imide groups is 1. The van der Waals surface area contributed by atoms with Crippen molar-refractivity contribution in [3.05, 3.63) is 41.7 Å². The van der Waals surface area contributed by atoms with Gasteiger partial charge in [0.15, 0.2) is 0 Å².